The van der Waals surface area contributed by atoms with Crippen LogP contribution in [-0.4, -0.2) is 9.97 Å². The summed E-state index contributed by atoms with van der Waals surface area (Å²) >= 11 is 3.30. The van der Waals surface area contributed by atoms with Gasteiger partial charge in [0.1, 0.15) is 0 Å². The van der Waals surface area contributed by atoms with Crippen LogP contribution in [0.2, 0.25) is 0 Å². The number of benzene rings is 1. The van der Waals surface area contributed by atoms with Gasteiger partial charge in [0.25, 0.3) is 0 Å². The topological polar surface area (TPSA) is 28.7 Å². The van der Waals surface area contributed by atoms with E-state index < -0.39 is 0 Å². The normalized spacial score (nSPS) is 10.8. The number of nitrogens with one attached hydrogen (secondary N) is 1. The van der Waals surface area contributed by atoms with Crippen LogP contribution in [0, 0.1) is 0 Å². The number of halogens is 1. The minimum absolute atomic E-state index is 0.797. The highest BCUT2D eigenvalue weighted by Crippen LogP contribution is 2.16. The largest absolute Gasteiger partial charge is 0.332 e. The summed E-state index contributed by atoms with van der Waals surface area (Å²) in [7, 11) is 0. The first-order valence-electron chi connectivity index (χ1n) is 3.93. The standard InChI is InChI=1S/C9H9BrN2/c1-2-6-3-4-7-8(5-6)12-9(10)11-7/h3-5H,2H2,1H3,(H,11,12). The maximum absolute atomic E-state index is 4.25. The van der Waals surface area contributed by atoms with E-state index in [-0.39, 0.29) is 0 Å². The molecule has 2 aromatic rings. The van der Waals surface area contributed by atoms with E-state index in [0.29, 0.717) is 0 Å². The van der Waals surface area contributed by atoms with Crippen molar-refractivity contribution in [2.45, 2.75) is 13.3 Å². The van der Waals surface area contributed by atoms with Crippen LogP contribution in [0.1, 0.15) is 12.5 Å². The van der Waals surface area contributed by atoms with Gasteiger partial charge in [-0.05, 0) is 40.0 Å². The van der Waals surface area contributed by atoms with E-state index in [9.17, 15) is 0 Å². The third-order valence-electron chi connectivity index (χ3n) is 1.93. The second kappa shape index (κ2) is 2.90. The lowest BCUT2D eigenvalue weighted by atomic mass is 10.1. The summed E-state index contributed by atoms with van der Waals surface area (Å²) in [4.78, 5) is 7.39. The van der Waals surface area contributed by atoms with Gasteiger partial charge in [0.15, 0.2) is 4.73 Å². The highest BCUT2D eigenvalue weighted by atomic mass is 79.9. The second-order valence-electron chi connectivity index (χ2n) is 2.73. The Kier molecular flexibility index (Phi) is 1.89. The molecule has 0 amide bonds. The first-order chi connectivity index (χ1) is 5.79. The zero-order valence-electron chi connectivity index (χ0n) is 6.76. The minimum Gasteiger partial charge on any atom is -0.332 e. The van der Waals surface area contributed by atoms with Gasteiger partial charge in [-0.2, -0.15) is 0 Å². The van der Waals surface area contributed by atoms with Crippen LogP contribution in [0.5, 0.6) is 0 Å². The summed E-state index contributed by atoms with van der Waals surface area (Å²) in [6, 6.07) is 6.28. The van der Waals surface area contributed by atoms with Gasteiger partial charge in [-0.25, -0.2) is 4.98 Å². The number of aromatic amines is 1. The molecule has 1 aromatic heterocycles. The molecule has 0 unspecified atom stereocenters. The fourth-order valence-electron chi connectivity index (χ4n) is 1.25. The molecular weight excluding hydrogens is 216 g/mol. The van der Waals surface area contributed by atoms with Crippen molar-refractivity contribution in [3.8, 4) is 0 Å². The van der Waals surface area contributed by atoms with E-state index in [1.807, 2.05) is 6.07 Å². The Morgan fingerprint density at radius 3 is 3.08 bits per heavy atom. The van der Waals surface area contributed by atoms with Gasteiger partial charge in [-0.1, -0.05) is 13.0 Å². The lowest BCUT2D eigenvalue weighted by Crippen LogP contribution is -1.78. The van der Waals surface area contributed by atoms with Gasteiger partial charge in [-0.3, -0.25) is 0 Å². The Labute approximate surface area is 79.1 Å². The molecular formula is C9H9BrN2. The summed E-state index contributed by atoms with van der Waals surface area (Å²) in [6.07, 6.45) is 1.06. The van der Waals surface area contributed by atoms with Crippen molar-refractivity contribution < 1.29 is 0 Å². The number of aryl methyl sites for hydroxylation is 1. The molecule has 12 heavy (non-hydrogen) atoms. The maximum Gasteiger partial charge on any atom is 0.175 e. The SMILES string of the molecule is CCc1ccc2nc(Br)[nH]c2c1. The van der Waals surface area contributed by atoms with Crippen LogP contribution in [0.3, 0.4) is 0 Å². The summed E-state index contributed by atoms with van der Waals surface area (Å²) in [5.41, 5.74) is 3.44. The van der Waals surface area contributed by atoms with Crippen molar-refractivity contribution in [2.24, 2.45) is 0 Å². The average molecular weight is 225 g/mol. The number of fused-ring (bicyclic) bond motifs is 1. The molecule has 0 saturated carbocycles. The zero-order chi connectivity index (χ0) is 8.55. The molecule has 1 N–H and O–H groups in total. The Bertz CT molecular complexity index is 406. The number of nitrogens with zero attached hydrogens (tertiary/aromatic N) is 1. The van der Waals surface area contributed by atoms with Crippen molar-refractivity contribution >= 4 is 27.0 Å². The van der Waals surface area contributed by atoms with Crippen molar-refractivity contribution in [2.75, 3.05) is 0 Å². The van der Waals surface area contributed by atoms with Crippen LogP contribution < -0.4 is 0 Å². The lowest BCUT2D eigenvalue weighted by Gasteiger charge is -1.93. The van der Waals surface area contributed by atoms with E-state index in [4.69, 9.17) is 0 Å². The molecule has 2 rings (SSSR count). The molecule has 1 heterocycles. The van der Waals surface area contributed by atoms with Gasteiger partial charge in [0, 0.05) is 0 Å². The molecule has 0 aliphatic carbocycles. The third-order valence-corrected chi connectivity index (χ3v) is 2.30. The van der Waals surface area contributed by atoms with Gasteiger partial charge >= 0.3 is 0 Å². The molecule has 0 spiro atoms. The zero-order valence-corrected chi connectivity index (χ0v) is 8.35. The first kappa shape index (κ1) is 7.80. The molecule has 2 nitrogen and oxygen atoms in total. The van der Waals surface area contributed by atoms with E-state index in [2.05, 4.69) is 45.0 Å². The summed E-state index contributed by atoms with van der Waals surface area (Å²) in [6.45, 7) is 2.15. The molecule has 0 bridgehead atoms. The predicted molar refractivity (Wildman–Crippen MR) is 53.2 cm³/mol. The monoisotopic (exact) mass is 224 g/mol. The molecule has 0 aliphatic heterocycles. The fraction of sp³-hybridized carbons (Fsp3) is 0.222. The Hall–Kier alpha value is -0.830. The van der Waals surface area contributed by atoms with Gasteiger partial charge < -0.3 is 4.98 Å². The first-order valence-corrected chi connectivity index (χ1v) is 4.73. The van der Waals surface area contributed by atoms with Crippen molar-refractivity contribution in [3.05, 3.63) is 28.5 Å². The molecule has 0 saturated heterocycles. The fourth-order valence-corrected chi connectivity index (χ4v) is 1.65. The van der Waals surface area contributed by atoms with Crippen LogP contribution in [-0.2, 0) is 6.42 Å². The molecule has 62 valence electrons. The number of hydrogen-bond donors (Lipinski definition) is 1. The average Bonchev–Trinajstić information content (AvgIpc) is 2.43. The Morgan fingerprint density at radius 1 is 1.50 bits per heavy atom. The molecule has 0 fully saturated rings. The molecule has 0 radical (unpaired) electrons. The van der Waals surface area contributed by atoms with Crippen LogP contribution in [0.4, 0.5) is 0 Å². The van der Waals surface area contributed by atoms with Crippen molar-refractivity contribution in [1.29, 1.82) is 0 Å². The molecule has 3 heteroatoms. The Morgan fingerprint density at radius 2 is 2.33 bits per heavy atom. The second-order valence-corrected chi connectivity index (χ2v) is 3.48. The summed E-state index contributed by atoms with van der Waals surface area (Å²) < 4.78 is 0.797. The van der Waals surface area contributed by atoms with Crippen molar-refractivity contribution in [1.82, 2.24) is 9.97 Å². The van der Waals surface area contributed by atoms with Gasteiger partial charge in [0.05, 0.1) is 11.0 Å². The molecule has 0 atom stereocenters. The Balaban J connectivity index is 2.66. The number of hydrogen-bond acceptors (Lipinski definition) is 1. The van der Waals surface area contributed by atoms with E-state index >= 15 is 0 Å². The lowest BCUT2D eigenvalue weighted by molar-refractivity contribution is 1.14. The number of aromatic nitrogens is 2. The van der Waals surface area contributed by atoms with Gasteiger partial charge in [0.2, 0.25) is 0 Å². The number of rotatable bonds is 1. The summed E-state index contributed by atoms with van der Waals surface area (Å²) in [5.74, 6) is 0. The maximum atomic E-state index is 4.25. The van der Waals surface area contributed by atoms with E-state index in [1.165, 1.54) is 5.56 Å². The van der Waals surface area contributed by atoms with E-state index in [0.717, 1.165) is 22.2 Å². The number of H-pyrrole nitrogens is 1. The summed E-state index contributed by atoms with van der Waals surface area (Å²) in [5, 5.41) is 0. The van der Waals surface area contributed by atoms with Crippen molar-refractivity contribution in [3.63, 3.8) is 0 Å². The molecule has 1 aromatic carbocycles. The van der Waals surface area contributed by atoms with Crippen LogP contribution >= 0.6 is 15.9 Å². The minimum atomic E-state index is 0.797. The molecule has 0 aliphatic rings. The smallest absolute Gasteiger partial charge is 0.175 e. The highest BCUT2D eigenvalue weighted by Gasteiger charge is 1.99. The predicted octanol–water partition coefficient (Wildman–Crippen LogP) is 2.89. The highest BCUT2D eigenvalue weighted by molar-refractivity contribution is 9.10. The third kappa shape index (κ3) is 1.25. The quantitative estimate of drug-likeness (QED) is 0.794. The van der Waals surface area contributed by atoms with Crippen LogP contribution in [0.15, 0.2) is 22.9 Å². The van der Waals surface area contributed by atoms with Gasteiger partial charge in [-0.15, -0.1) is 0 Å². The van der Waals surface area contributed by atoms with Crippen LogP contribution in [0.25, 0.3) is 11.0 Å². The van der Waals surface area contributed by atoms with E-state index in [1.54, 1.807) is 0 Å². The number of imidazole rings is 1.